The average Bonchev–Trinajstić information content (AvgIpc) is 1.58. The number of benzene rings is 4. The van der Waals surface area contributed by atoms with Crippen LogP contribution in [0.15, 0.2) is 48.5 Å². The van der Waals surface area contributed by atoms with Crippen molar-refractivity contribution in [2.45, 2.75) is 279 Å². The summed E-state index contributed by atoms with van der Waals surface area (Å²) in [6.07, 6.45) is 29.5. The Hall–Kier alpha value is -9.30. The standard InChI is InChI=1S/C108H140F10N4O6/c1-65(2)25-19-31-71(13)49-55-123-91-61-77(62-92(124-56-50-72(14)32-20-26-66(3)4)107(91)127-59-53-75(17)35-23-29-69(9)10)95-87-45-41-83(119-87)79(37-39-81-97(109)101(113)105(117)102(114)98(81)110)85-43-47-89(121-85)96(90-48-44-86(122-90)80(84-42-46-88(95)120-84)38-40-82-99(111)103(115)106(118)104(116)100(82)112)78-63-93(125-57-51-73(15)33-21-27-67(5)6)108(128-60-54-76(18)36-24-30-70(11)12)94(64-78)126-58-52-74(16)34-22-28-68(7)8/h41-48,61-76,119,122H,19-36,49-60H2,1-18H3/t71-,72-,73-,74-,75-,76-/m0/s1. The lowest BCUT2D eigenvalue weighted by Gasteiger charge is -2.21. The van der Waals surface area contributed by atoms with Crippen molar-refractivity contribution in [3.05, 3.63) is 152 Å². The molecule has 0 aliphatic carbocycles. The molecule has 7 aromatic rings. The van der Waals surface area contributed by atoms with Crippen molar-refractivity contribution < 1.29 is 72.3 Å². The van der Waals surface area contributed by atoms with Crippen molar-refractivity contribution in [1.82, 2.24) is 19.9 Å². The van der Waals surface area contributed by atoms with Crippen LogP contribution in [0.4, 0.5) is 43.9 Å². The first kappa shape index (κ1) is 102. The molecule has 0 unspecified atom stereocenters. The van der Waals surface area contributed by atoms with Gasteiger partial charge in [-0.2, -0.15) is 0 Å². The van der Waals surface area contributed by atoms with Crippen LogP contribution in [0.2, 0.25) is 0 Å². The average molecular weight is 1780 g/mol. The summed E-state index contributed by atoms with van der Waals surface area (Å²) in [6.45, 7) is 41.6. The molecule has 128 heavy (non-hydrogen) atoms. The number of hydrogen-bond acceptors (Lipinski definition) is 8. The predicted octanol–water partition coefficient (Wildman–Crippen LogP) is 31.6. The number of halogens is 10. The van der Waals surface area contributed by atoms with Crippen LogP contribution in [0.5, 0.6) is 34.5 Å². The van der Waals surface area contributed by atoms with Gasteiger partial charge in [-0.25, -0.2) is 53.9 Å². The second kappa shape index (κ2) is 50.2. The van der Waals surface area contributed by atoms with Gasteiger partial charge in [0.1, 0.15) is 11.1 Å². The van der Waals surface area contributed by atoms with E-state index in [9.17, 15) is 8.78 Å². The fourth-order valence-electron chi connectivity index (χ4n) is 16.2. The number of fused-ring (bicyclic) bond motifs is 8. The van der Waals surface area contributed by atoms with Gasteiger partial charge in [0.2, 0.25) is 23.1 Å². The second-order valence-electron chi connectivity index (χ2n) is 38.9. The van der Waals surface area contributed by atoms with Crippen molar-refractivity contribution >= 4 is 46.4 Å². The molecule has 8 bridgehead atoms. The Morgan fingerprint density at radius 3 is 0.703 bits per heavy atom. The van der Waals surface area contributed by atoms with E-state index in [1.807, 2.05) is 24.3 Å². The minimum atomic E-state index is -2.36. The third kappa shape index (κ3) is 29.9. The highest BCUT2D eigenvalue weighted by Gasteiger charge is 2.30. The zero-order valence-corrected chi connectivity index (χ0v) is 79.2. The molecule has 20 heteroatoms. The van der Waals surface area contributed by atoms with E-state index in [-0.39, 0.29) is 95.0 Å². The molecule has 0 saturated carbocycles. The lowest BCUT2D eigenvalue weighted by atomic mass is 9.97. The predicted molar refractivity (Wildman–Crippen MR) is 502 cm³/mol. The third-order valence-corrected chi connectivity index (χ3v) is 24.5. The summed E-state index contributed by atoms with van der Waals surface area (Å²) in [5.74, 6) is -4.49. The highest BCUT2D eigenvalue weighted by Crippen LogP contribution is 2.48. The topological polar surface area (TPSA) is 113 Å². The maximum atomic E-state index is 16.1. The summed E-state index contributed by atoms with van der Waals surface area (Å²) >= 11 is 0. The quantitative estimate of drug-likeness (QED) is 0.0168. The molecule has 0 saturated heterocycles. The van der Waals surface area contributed by atoms with Crippen molar-refractivity contribution in [1.29, 1.82) is 0 Å². The van der Waals surface area contributed by atoms with E-state index in [0.29, 0.717) is 154 Å². The van der Waals surface area contributed by atoms with E-state index >= 15 is 35.1 Å². The van der Waals surface area contributed by atoms with Gasteiger partial charge in [-0.1, -0.05) is 264 Å². The number of rotatable bonds is 50. The maximum Gasteiger partial charge on any atom is 0.203 e. The molecule has 698 valence electrons. The van der Waals surface area contributed by atoms with Crippen molar-refractivity contribution in [2.24, 2.45) is 71.0 Å². The van der Waals surface area contributed by atoms with Gasteiger partial charge in [0, 0.05) is 22.2 Å². The van der Waals surface area contributed by atoms with E-state index < -0.39 is 69.3 Å². The Labute approximate surface area is 756 Å². The maximum absolute atomic E-state index is 16.1. The number of nitrogens with one attached hydrogen (secondary N) is 2. The van der Waals surface area contributed by atoms with Crippen LogP contribution in [-0.2, 0) is 0 Å². The van der Waals surface area contributed by atoms with Gasteiger partial charge < -0.3 is 38.4 Å². The van der Waals surface area contributed by atoms with Gasteiger partial charge in [0.15, 0.2) is 69.5 Å². The molecule has 5 heterocycles. The Bertz CT molecular complexity index is 4720. The van der Waals surface area contributed by atoms with E-state index in [0.717, 1.165) is 128 Å². The van der Waals surface area contributed by atoms with E-state index in [2.05, 4.69) is 158 Å². The molecule has 6 atom stereocenters. The third-order valence-electron chi connectivity index (χ3n) is 24.5. The van der Waals surface area contributed by atoms with Crippen molar-refractivity contribution in [2.75, 3.05) is 39.6 Å². The van der Waals surface area contributed by atoms with Crippen LogP contribution in [0.25, 0.3) is 68.6 Å². The van der Waals surface area contributed by atoms with Crippen molar-refractivity contribution in [3.63, 3.8) is 0 Å². The molecule has 2 aliphatic rings. The Morgan fingerprint density at radius 1 is 0.250 bits per heavy atom. The molecular formula is C108H140F10N4O6. The number of hydrogen-bond donors (Lipinski definition) is 2. The van der Waals surface area contributed by atoms with Gasteiger partial charge in [0.05, 0.1) is 84.6 Å². The monoisotopic (exact) mass is 1780 g/mol. The number of H-pyrrole nitrogens is 2. The lowest BCUT2D eigenvalue weighted by molar-refractivity contribution is 0.216. The lowest BCUT2D eigenvalue weighted by Crippen LogP contribution is -2.11. The highest BCUT2D eigenvalue weighted by atomic mass is 19.2. The Kier molecular flexibility index (Phi) is 40.2. The SMILES string of the molecule is CC(C)CCC[C@H](C)CCOc1cc(-c2c3nc(c(C#Cc4c(F)c(F)c(F)c(F)c4F)c4ccc([nH]4)c(-c4cc(OCC[C@@H](C)CCCC(C)C)c(OCC[C@@H](C)CCCC(C)C)c(OCC[C@@H](C)CCCC(C)C)c4)c4nc(c(C#Cc5c(F)c(F)c(F)c(F)c5F)c5ccc2[nH]5)C=C4)C=C3)cc(OCC[C@@H](C)CCCC(C)C)c1OCC[C@@H](C)CCCC(C)C. The highest BCUT2D eigenvalue weighted by molar-refractivity contribution is 5.96. The van der Waals surface area contributed by atoms with E-state index in [4.69, 9.17) is 38.4 Å². The first-order chi connectivity index (χ1) is 61.1. The van der Waals surface area contributed by atoms with Gasteiger partial charge >= 0.3 is 0 Å². The minimum Gasteiger partial charge on any atom is -0.490 e. The fraction of sp³-hybridized carbons (Fsp3) is 0.556. The number of aromatic nitrogens is 4. The van der Waals surface area contributed by atoms with Gasteiger partial charge in [0.25, 0.3) is 0 Å². The molecule has 0 radical (unpaired) electrons. The molecule has 9 rings (SSSR count). The van der Waals surface area contributed by atoms with Crippen LogP contribution in [0.1, 0.15) is 324 Å². The van der Waals surface area contributed by atoms with Crippen molar-refractivity contribution in [3.8, 4) is 80.4 Å². The number of nitrogens with zero attached hydrogens (tertiary/aromatic N) is 2. The normalized spacial score (nSPS) is 13.5. The number of aromatic amines is 2. The summed E-state index contributed by atoms with van der Waals surface area (Å²) in [6, 6.07) is 14.0. The molecule has 3 aromatic heterocycles. The first-order valence-corrected chi connectivity index (χ1v) is 47.4. The van der Waals surface area contributed by atoms with Crippen LogP contribution < -0.4 is 28.4 Å². The molecule has 2 aliphatic heterocycles. The van der Waals surface area contributed by atoms with E-state index in [1.54, 1.807) is 48.6 Å². The molecule has 10 nitrogen and oxygen atoms in total. The summed E-state index contributed by atoms with van der Waals surface area (Å²) in [4.78, 5) is 17.7. The first-order valence-electron chi connectivity index (χ1n) is 47.4. The Balaban J connectivity index is 1.40. The smallest absolute Gasteiger partial charge is 0.203 e. The van der Waals surface area contributed by atoms with Crippen LogP contribution in [-0.4, -0.2) is 59.6 Å². The fourth-order valence-corrected chi connectivity index (χ4v) is 16.2. The summed E-state index contributed by atoms with van der Waals surface area (Å²) in [7, 11) is 0. The van der Waals surface area contributed by atoms with E-state index in [1.165, 1.54) is 0 Å². The minimum absolute atomic E-state index is 0.0555. The zero-order chi connectivity index (χ0) is 93.0. The van der Waals surface area contributed by atoms with Gasteiger partial charge in [-0.15, -0.1) is 0 Å². The van der Waals surface area contributed by atoms with Crippen LogP contribution >= 0.6 is 0 Å². The molecule has 4 aromatic carbocycles. The largest absolute Gasteiger partial charge is 0.490 e. The Morgan fingerprint density at radius 2 is 0.461 bits per heavy atom. The zero-order valence-electron chi connectivity index (χ0n) is 79.2. The summed E-state index contributed by atoms with van der Waals surface area (Å²) in [5, 5.41) is 0. The van der Waals surface area contributed by atoms with Crippen LogP contribution in [0.3, 0.4) is 0 Å². The summed E-state index contributed by atoms with van der Waals surface area (Å²) < 4.78 is 198. The van der Waals surface area contributed by atoms with Gasteiger partial charge in [-0.3, -0.25) is 0 Å². The molecule has 2 N–H and O–H groups in total. The molecule has 0 fully saturated rings. The summed E-state index contributed by atoms with van der Waals surface area (Å²) in [5.41, 5.74) is 0.140. The van der Waals surface area contributed by atoms with Gasteiger partial charge in [-0.05, 0) is 194 Å². The second-order valence-corrected chi connectivity index (χ2v) is 38.9. The molecule has 0 spiro atoms. The van der Waals surface area contributed by atoms with Crippen LogP contribution in [0, 0.1) is 153 Å². The molecule has 0 amide bonds. The number of ether oxygens (including phenoxy) is 6. The molecular weight excluding hydrogens is 1640 g/mol.